The van der Waals surface area contributed by atoms with Crippen LogP contribution in [0.2, 0.25) is 0 Å². The first-order chi connectivity index (χ1) is 8.01. The minimum Gasteiger partial charge on any atom is -0.492 e. The number of aliphatic hydroxyl groups is 1. The molecule has 0 atom stereocenters. The average Bonchev–Trinajstić information content (AvgIpc) is 2.25. The number of nitrogens with zero attached hydrogens (tertiary/aromatic N) is 1. The first kappa shape index (κ1) is 13.3. The highest BCUT2D eigenvalue weighted by Gasteiger charge is 2.26. The van der Waals surface area contributed by atoms with E-state index in [-0.39, 0.29) is 12.4 Å². The summed E-state index contributed by atoms with van der Waals surface area (Å²) in [7, 11) is 0. The molecule has 0 saturated carbocycles. The normalized spacial score (nSPS) is 10.6. The fourth-order valence-electron chi connectivity index (χ4n) is 0.992. The fourth-order valence-corrected chi connectivity index (χ4v) is 0.992. The van der Waals surface area contributed by atoms with Gasteiger partial charge in [0.1, 0.15) is 12.4 Å². The Balaban J connectivity index is 2.54. The molecule has 0 amide bonds. The van der Waals surface area contributed by atoms with Gasteiger partial charge >= 0.3 is 6.18 Å². The van der Waals surface area contributed by atoms with Crippen molar-refractivity contribution in [3.05, 3.63) is 24.0 Å². The van der Waals surface area contributed by atoms with E-state index in [0.29, 0.717) is 5.56 Å². The summed E-state index contributed by atoms with van der Waals surface area (Å²) in [6, 6.07) is 1.46. The molecular formula is C11H10F3NO2. The van der Waals surface area contributed by atoms with Crippen molar-refractivity contribution in [2.45, 2.75) is 12.6 Å². The third-order valence-corrected chi connectivity index (χ3v) is 1.68. The van der Waals surface area contributed by atoms with Gasteiger partial charge in [-0.05, 0) is 6.07 Å². The Hall–Kier alpha value is -1.74. The van der Waals surface area contributed by atoms with Gasteiger partial charge in [-0.25, -0.2) is 0 Å². The summed E-state index contributed by atoms with van der Waals surface area (Å²) >= 11 is 0. The zero-order valence-electron chi connectivity index (χ0n) is 8.79. The second kappa shape index (κ2) is 6.11. The minimum absolute atomic E-state index is 0.221. The molecule has 0 radical (unpaired) electrons. The van der Waals surface area contributed by atoms with Gasteiger partial charge in [0.2, 0.25) is 0 Å². The van der Waals surface area contributed by atoms with Gasteiger partial charge < -0.3 is 9.84 Å². The standard InChI is InChI=1S/C11H10F3NO2/c12-11(13,14)3-5-17-10-6-9(2-1-4-16)7-15-8-10/h6-8,16H,3-5H2. The van der Waals surface area contributed by atoms with Crippen LogP contribution in [0, 0.1) is 11.8 Å². The molecule has 0 unspecified atom stereocenters. The maximum atomic E-state index is 11.9. The number of aromatic nitrogens is 1. The van der Waals surface area contributed by atoms with Gasteiger partial charge in [-0.1, -0.05) is 11.8 Å². The molecule has 1 aromatic heterocycles. The topological polar surface area (TPSA) is 42.4 Å². The summed E-state index contributed by atoms with van der Waals surface area (Å²) in [5, 5.41) is 8.48. The summed E-state index contributed by atoms with van der Waals surface area (Å²) in [6.45, 7) is -0.749. The van der Waals surface area contributed by atoms with Crippen LogP contribution in [-0.4, -0.2) is 29.5 Å². The molecule has 1 heterocycles. The van der Waals surface area contributed by atoms with Crippen LogP contribution < -0.4 is 4.74 Å². The second-order valence-corrected chi connectivity index (χ2v) is 3.08. The summed E-state index contributed by atoms with van der Waals surface area (Å²) < 4.78 is 40.5. The molecule has 17 heavy (non-hydrogen) atoms. The maximum absolute atomic E-state index is 11.9. The Morgan fingerprint density at radius 1 is 1.35 bits per heavy atom. The molecule has 0 aliphatic heterocycles. The van der Waals surface area contributed by atoms with Crippen molar-refractivity contribution >= 4 is 0 Å². The Morgan fingerprint density at radius 3 is 2.76 bits per heavy atom. The predicted molar refractivity (Wildman–Crippen MR) is 54.4 cm³/mol. The molecule has 0 spiro atoms. The van der Waals surface area contributed by atoms with Crippen molar-refractivity contribution in [2.75, 3.05) is 13.2 Å². The van der Waals surface area contributed by atoms with E-state index in [0.717, 1.165) is 0 Å². The van der Waals surface area contributed by atoms with Crippen LogP contribution in [0.1, 0.15) is 12.0 Å². The summed E-state index contributed by atoms with van der Waals surface area (Å²) in [6.07, 6.45) is -2.51. The van der Waals surface area contributed by atoms with Crippen LogP contribution in [0.15, 0.2) is 18.5 Å². The highest BCUT2D eigenvalue weighted by molar-refractivity contribution is 5.36. The highest BCUT2D eigenvalue weighted by Crippen LogP contribution is 2.20. The lowest BCUT2D eigenvalue weighted by atomic mass is 10.3. The molecular weight excluding hydrogens is 235 g/mol. The van der Waals surface area contributed by atoms with E-state index in [1.165, 1.54) is 18.5 Å². The average molecular weight is 245 g/mol. The molecule has 0 aliphatic carbocycles. The van der Waals surface area contributed by atoms with Crippen molar-refractivity contribution in [1.82, 2.24) is 4.98 Å². The number of hydrogen-bond donors (Lipinski definition) is 1. The largest absolute Gasteiger partial charge is 0.492 e. The van der Waals surface area contributed by atoms with Crippen LogP contribution in [0.3, 0.4) is 0 Å². The third kappa shape index (κ3) is 5.78. The summed E-state index contributed by atoms with van der Waals surface area (Å²) in [5.74, 6) is 5.20. The zero-order valence-corrected chi connectivity index (χ0v) is 8.79. The monoisotopic (exact) mass is 245 g/mol. The molecule has 3 nitrogen and oxygen atoms in total. The lowest BCUT2D eigenvalue weighted by Crippen LogP contribution is -2.13. The van der Waals surface area contributed by atoms with Crippen LogP contribution in [0.5, 0.6) is 5.75 Å². The summed E-state index contributed by atoms with van der Waals surface area (Å²) in [4.78, 5) is 3.76. The van der Waals surface area contributed by atoms with E-state index < -0.39 is 19.2 Å². The highest BCUT2D eigenvalue weighted by atomic mass is 19.4. The molecule has 0 fully saturated rings. The van der Waals surface area contributed by atoms with Crippen molar-refractivity contribution in [3.63, 3.8) is 0 Å². The van der Waals surface area contributed by atoms with Gasteiger partial charge in [0.15, 0.2) is 0 Å². The molecule has 0 saturated heterocycles. The van der Waals surface area contributed by atoms with Gasteiger partial charge in [0.25, 0.3) is 0 Å². The molecule has 1 aromatic rings. The molecule has 0 bridgehead atoms. The maximum Gasteiger partial charge on any atom is 0.392 e. The van der Waals surface area contributed by atoms with Crippen molar-refractivity contribution < 1.29 is 23.0 Å². The predicted octanol–water partition coefficient (Wildman–Crippen LogP) is 1.76. The van der Waals surface area contributed by atoms with Gasteiger partial charge in [0.05, 0.1) is 19.2 Å². The molecule has 0 aliphatic rings. The smallest absolute Gasteiger partial charge is 0.392 e. The number of pyridine rings is 1. The van der Waals surface area contributed by atoms with E-state index >= 15 is 0 Å². The lowest BCUT2D eigenvalue weighted by Gasteiger charge is -2.08. The van der Waals surface area contributed by atoms with E-state index in [1.54, 1.807) is 0 Å². The minimum atomic E-state index is -4.23. The van der Waals surface area contributed by atoms with Gasteiger partial charge in [-0.3, -0.25) is 4.98 Å². The molecule has 1 N–H and O–H groups in total. The van der Waals surface area contributed by atoms with Gasteiger partial charge in [-0.15, -0.1) is 0 Å². The van der Waals surface area contributed by atoms with E-state index in [2.05, 4.69) is 16.8 Å². The zero-order chi connectivity index (χ0) is 12.7. The van der Waals surface area contributed by atoms with Crippen LogP contribution in [-0.2, 0) is 0 Å². The quantitative estimate of drug-likeness (QED) is 0.825. The Kier molecular flexibility index (Phi) is 4.79. The van der Waals surface area contributed by atoms with Crippen LogP contribution in [0.25, 0.3) is 0 Å². The number of aliphatic hydroxyl groups excluding tert-OH is 1. The second-order valence-electron chi connectivity index (χ2n) is 3.08. The van der Waals surface area contributed by atoms with Crippen molar-refractivity contribution in [2.24, 2.45) is 0 Å². The Labute approximate surface area is 96.2 Å². The first-order valence-corrected chi connectivity index (χ1v) is 4.75. The van der Waals surface area contributed by atoms with E-state index in [1.807, 2.05) is 0 Å². The number of halogens is 3. The van der Waals surface area contributed by atoms with Crippen molar-refractivity contribution in [1.29, 1.82) is 0 Å². The van der Waals surface area contributed by atoms with E-state index in [4.69, 9.17) is 9.84 Å². The molecule has 6 heteroatoms. The fraction of sp³-hybridized carbons (Fsp3) is 0.364. The number of rotatable bonds is 3. The van der Waals surface area contributed by atoms with Crippen LogP contribution in [0.4, 0.5) is 13.2 Å². The number of hydrogen-bond acceptors (Lipinski definition) is 3. The Bertz CT molecular complexity index is 421. The first-order valence-electron chi connectivity index (χ1n) is 4.75. The van der Waals surface area contributed by atoms with Gasteiger partial charge in [0, 0.05) is 11.8 Å². The van der Waals surface area contributed by atoms with Crippen molar-refractivity contribution in [3.8, 4) is 17.6 Å². The molecule has 92 valence electrons. The Morgan fingerprint density at radius 2 is 2.12 bits per heavy atom. The molecule has 1 rings (SSSR count). The SMILES string of the molecule is OCC#Cc1cncc(OCCC(F)(F)F)c1. The summed E-state index contributed by atoms with van der Waals surface area (Å²) in [5.41, 5.74) is 0.476. The van der Waals surface area contributed by atoms with E-state index in [9.17, 15) is 13.2 Å². The number of ether oxygens (including phenoxy) is 1. The molecule has 0 aromatic carbocycles. The lowest BCUT2D eigenvalue weighted by molar-refractivity contribution is -0.139. The third-order valence-electron chi connectivity index (χ3n) is 1.68. The number of alkyl halides is 3. The van der Waals surface area contributed by atoms with Crippen LogP contribution >= 0.6 is 0 Å². The van der Waals surface area contributed by atoms with Gasteiger partial charge in [-0.2, -0.15) is 13.2 Å².